The number of nitrogens with zero attached hydrogens (tertiary/aromatic N) is 2. The molecule has 2 saturated heterocycles. The number of phenols is 2. The fraction of sp³-hybridized carbons (Fsp3) is 0.319. The lowest BCUT2D eigenvalue weighted by Gasteiger charge is -2.36. The van der Waals surface area contributed by atoms with Gasteiger partial charge >= 0.3 is 0 Å². The van der Waals surface area contributed by atoms with E-state index in [9.17, 15) is 10.2 Å². The summed E-state index contributed by atoms with van der Waals surface area (Å²) >= 11 is 3.56. The lowest BCUT2D eigenvalue weighted by Crippen LogP contribution is -2.34. The summed E-state index contributed by atoms with van der Waals surface area (Å²) in [4.78, 5) is 4.96. The number of methoxy groups -OCH3 is 3. The highest BCUT2D eigenvalue weighted by atomic mass is 79.9. The van der Waals surface area contributed by atoms with Crippen LogP contribution in [0.25, 0.3) is 21.5 Å². The molecule has 55 heavy (non-hydrogen) atoms. The standard InChI is InChI=1S/C24H27NO3.C23H24BrNO2/c1-27-18-11-12-19-17(16-18)10-13-21(26)23(19)24(25-14-6-3-7-15-25)20-8-4-5-9-22(20)28-2;1-27-21-8-4-3-7-19(21)23(25-13-5-2-6-14-25)22-18-11-10-17(24)15-16(18)9-12-20(22)26/h4-5,8-13,16,24,26H,3,6-7,14-15H2,1-2H3;3-4,7-12,15,23,26H,2,5-6,13-14H2,1H3. The summed E-state index contributed by atoms with van der Waals surface area (Å²) in [6.07, 6.45) is 7.24. The first-order valence-electron chi connectivity index (χ1n) is 19.4. The fourth-order valence-electron chi connectivity index (χ4n) is 8.54. The summed E-state index contributed by atoms with van der Waals surface area (Å²) in [5, 5.41) is 26.2. The second-order valence-corrected chi connectivity index (χ2v) is 15.3. The summed E-state index contributed by atoms with van der Waals surface area (Å²) in [7, 11) is 5.10. The highest BCUT2D eigenvalue weighted by molar-refractivity contribution is 9.10. The summed E-state index contributed by atoms with van der Waals surface area (Å²) in [6, 6.07) is 36.0. The van der Waals surface area contributed by atoms with E-state index >= 15 is 0 Å². The molecule has 2 unspecified atom stereocenters. The molecule has 2 fully saturated rings. The van der Waals surface area contributed by atoms with Crippen molar-refractivity contribution in [3.05, 3.63) is 136 Å². The number of ether oxygens (including phenoxy) is 3. The molecule has 2 aliphatic heterocycles. The number of likely N-dealkylation sites (tertiary alicyclic amines) is 2. The number of rotatable bonds is 9. The van der Waals surface area contributed by atoms with Crippen molar-refractivity contribution >= 4 is 37.5 Å². The third-order valence-corrected chi connectivity index (χ3v) is 11.7. The van der Waals surface area contributed by atoms with Crippen molar-refractivity contribution in [2.75, 3.05) is 47.5 Å². The molecule has 6 aromatic carbocycles. The van der Waals surface area contributed by atoms with Crippen LogP contribution in [-0.4, -0.2) is 67.5 Å². The predicted octanol–water partition coefficient (Wildman–Crippen LogP) is 11.0. The van der Waals surface area contributed by atoms with Crippen molar-refractivity contribution in [2.24, 2.45) is 0 Å². The van der Waals surface area contributed by atoms with Gasteiger partial charge in [-0.05, 0) is 122 Å². The molecule has 2 heterocycles. The lowest BCUT2D eigenvalue weighted by atomic mass is 9.89. The minimum atomic E-state index is -0.0615. The van der Waals surface area contributed by atoms with Crippen LogP contribution in [-0.2, 0) is 0 Å². The van der Waals surface area contributed by atoms with Gasteiger partial charge in [0.15, 0.2) is 0 Å². The smallest absolute Gasteiger partial charge is 0.123 e. The molecule has 0 aromatic heterocycles. The number of fused-ring (bicyclic) bond motifs is 2. The van der Waals surface area contributed by atoms with Crippen molar-refractivity contribution in [3.8, 4) is 28.7 Å². The fourth-order valence-corrected chi connectivity index (χ4v) is 8.92. The average molecular weight is 804 g/mol. The number of piperidine rings is 2. The Kier molecular flexibility index (Phi) is 12.5. The molecule has 8 rings (SSSR count). The molecule has 0 spiro atoms. The van der Waals surface area contributed by atoms with Crippen molar-refractivity contribution in [3.63, 3.8) is 0 Å². The van der Waals surface area contributed by atoms with E-state index in [4.69, 9.17) is 14.2 Å². The van der Waals surface area contributed by atoms with Crippen LogP contribution in [0, 0.1) is 0 Å². The van der Waals surface area contributed by atoms with Crippen molar-refractivity contribution in [1.29, 1.82) is 0 Å². The van der Waals surface area contributed by atoms with Crippen LogP contribution in [0.2, 0.25) is 0 Å². The van der Waals surface area contributed by atoms with Crippen molar-refractivity contribution in [2.45, 2.75) is 50.6 Å². The van der Waals surface area contributed by atoms with Gasteiger partial charge in [-0.3, -0.25) is 9.80 Å². The van der Waals surface area contributed by atoms with E-state index in [1.54, 1.807) is 27.4 Å². The summed E-state index contributed by atoms with van der Waals surface area (Å²) in [6.45, 7) is 4.06. The van der Waals surface area contributed by atoms with Gasteiger partial charge in [-0.1, -0.05) is 89.4 Å². The zero-order valence-electron chi connectivity index (χ0n) is 32.0. The second kappa shape index (κ2) is 17.8. The van der Waals surface area contributed by atoms with Crippen molar-refractivity contribution in [1.82, 2.24) is 9.80 Å². The number of hydrogen-bond donors (Lipinski definition) is 2. The van der Waals surface area contributed by atoms with Gasteiger partial charge in [-0.15, -0.1) is 0 Å². The molecule has 0 aliphatic carbocycles. The first kappa shape index (κ1) is 38.5. The zero-order chi connectivity index (χ0) is 38.3. The number of para-hydroxylation sites is 2. The Morgan fingerprint density at radius 2 is 0.964 bits per heavy atom. The van der Waals surface area contributed by atoms with Crippen LogP contribution < -0.4 is 14.2 Å². The molecule has 2 atom stereocenters. The Balaban J connectivity index is 0.000000169. The molecule has 286 valence electrons. The van der Waals surface area contributed by atoms with Gasteiger partial charge in [-0.25, -0.2) is 0 Å². The Hall–Kier alpha value is -4.76. The predicted molar refractivity (Wildman–Crippen MR) is 226 cm³/mol. The molecule has 6 aromatic rings. The van der Waals surface area contributed by atoms with E-state index in [0.29, 0.717) is 11.5 Å². The molecule has 0 bridgehead atoms. The minimum Gasteiger partial charge on any atom is -0.508 e. The quantitative estimate of drug-likeness (QED) is 0.151. The molecule has 0 radical (unpaired) electrons. The second-order valence-electron chi connectivity index (χ2n) is 14.4. The first-order valence-corrected chi connectivity index (χ1v) is 20.2. The topological polar surface area (TPSA) is 74.6 Å². The van der Waals surface area contributed by atoms with Gasteiger partial charge in [0.05, 0.1) is 33.4 Å². The third-order valence-electron chi connectivity index (χ3n) is 11.2. The number of aromatic hydroxyl groups is 2. The highest BCUT2D eigenvalue weighted by Crippen LogP contribution is 2.45. The van der Waals surface area contributed by atoms with Crippen LogP contribution in [0.5, 0.6) is 28.7 Å². The Labute approximate surface area is 333 Å². The summed E-state index contributed by atoms with van der Waals surface area (Å²) < 4.78 is 17.8. The van der Waals surface area contributed by atoms with Crippen LogP contribution in [0.1, 0.15) is 72.9 Å². The molecule has 7 nitrogen and oxygen atoms in total. The van der Waals surface area contributed by atoms with Gasteiger partial charge in [-0.2, -0.15) is 0 Å². The lowest BCUT2D eigenvalue weighted by molar-refractivity contribution is 0.183. The molecule has 0 amide bonds. The summed E-state index contributed by atoms with van der Waals surface area (Å²) in [5.41, 5.74) is 4.09. The zero-order valence-corrected chi connectivity index (χ0v) is 33.6. The van der Waals surface area contributed by atoms with Gasteiger partial charge in [0, 0.05) is 26.7 Å². The highest BCUT2D eigenvalue weighted by Gasteiger charge is 2.31. The van der Waals surface area contributed by atoms with E-state index in [1.807, 2.05) is 72.8 Å². The largest absolute Gasteiger partial charge is 0.508 e. The Morgan fingerprint density at radius 1 is 0.509 bits per heavy atom. The molecule has 8 heteroatoms. The SMILES string of the molecule is COc1ccc2c(C(c3ccccc3OC)N3CCCCC3)c(O)ccc2c1.COc1ccccc1C(c1c(O)ccc2cc(Br)ccc12)N1CCCCC1. The summed E-state index contributed by atoms with van der Waals surface area (Å²) in [5.74, 6) is 3.19. The van der Waals surface area contributed by atoms with Crippen LogP contribution in [0.4, 0.5) is 0 Å². The van der Waals surface area contributed by atoms with E-state index in [2.05, 4.69) is 56.1 Å². The molecule has 2 aliphatic rings. The third kappa shape index (κ3) is 8.27. The number of hydrogen-bond acceptors (Lipinski definition) is 7. The van der Waals surface area contributed by atoms with Gasteiger partial charge in [0.25, 0.3) is 0 Å². The monoisotopic (exact) mass is 802 g/mol. The van der Waals surface area contributed by atoms with Gasteiger partial charge in [0.2, 0.25) is 0 Å². The normalized spacial score (nSPS) is 16.2. The maximum atomic E-state index is 11.0. The number of benzene rings is 6. The van der Waals surface area contributed by atoms with Crippen molar-refractivity contribution < 1.29 is 24.4 Å². The van der Waals surface area contributed by atoms with E-state index in [-0.39, 0.29) is 12.1 Å². The van der Waals surface area contributed by atoms with E-state index in [0.717, 1.165) is 91.7 Å². The first-order chi connectivity index (χ1) is 26.9. The number of phenolic OH excluding ortho intramolecular Hbond substituents is 2. The maximum Gasteiger partial charge on any atom is 0.123 e. The molecule has 0 saturated carbocycles. The maximum absolute atomic E-state index is 11.0. The van der Waals surface area contributed by atoms with Gasteiger partial charge in [0.1, 0.15) is 28.7 Å². The molecular formula is C47H51BrN2O5. The Bertz CT molecular complexity index is 2230. The average Bonchev–Trinajstić information content (AvgIpc) is 3.24. The van der Waals surface area contributed by atoms with Crippen LogP contribution in [0.3, 0.4) is 0 Å². The van der Waals surface area contributed by atoms with Gasteiger partial charge < -0.3 is 24.4 Å². The Morgan fingerprint density at radius 3 is 1.44 bits per heavy atom. The van der Waals surface area contributed by atoms with Crippen LogP contribution >= 0.6 is 15.9 Å². The van der Waals surface area contributed by atoms with E-state index < -0.39 is 0 Å². The minimum absolute atomic E-state index is 0.0358. The van der Waals surface area contributed by atoms with Crippen LogP contribution in [0.15, 0.2) is 114 Å². The number of halogens is 1. The molecule has 2 N–H and O–H groups in total. The van der Waals surface area contributed by atoms with E-state index in [1.165, 1.54) is 38.5 Å². The molecular weight excluding hydrogens is 752 g/mol.